The second kappa shape index (κ2) is 6.05. The van der Waals surface area contributed by atoms with Crippen molar-refractivity contribution in [2.24, 2.45) is 34.0 Å². The zero-order chi connectivity index (χ0) is 19.7. The molecule has 5 aliphatic carbocycles. The second-order valence-corrected chi connectivity index (χ2v) is 10.9. The predicted octanol–water partition coefficient (Wildman–Crippen LogP) is 5.11. The molecular weight excluding hydrogens is 346 g/mol. The number of hydrogen-bond acceptors (Lipinski definition) is 3. The van der Waals surface area contributed by atoms with Crippen molar-refractivity contribution < 1.29 is 9.90 Å². The van der Waals surface area contributed by atoms with E-state index in [0.29, 0.717) is 36.4 Å². The quantitative estimate of drug-likeness (QED) is 0.595. The maximum absolute atomic E-state index is 12.5. The summed E-state index contributed by atoms with van der Waals surface area (Å²) in [4.78, 5) is 12.5. The van der Waals surface area contributed by atoms with Crippen LogP contribution in [0, 0.1) is 45.3 Å². The molecule has 0 unspecified atom stereocenters. The Morgan fingerprint density at radius 3 is 2.68 bits per heavy atom. The molecule has 3 saturated carbocycles. The average Bonchev–Trinajstić information content (AvgIpc) is 2.95. The van der Waals surface area contributed by atoms with Crippen molar-refractivity contribution in [3.8, 4) is 6.07 Å². The zero-order valence-corrected chi connectivity index (χ0v) is 17.3. The predicted molar refractivity (Wildman–Crippen MR) is 108 cm³/mol. The van der Waals surface area contributed by atoms with Gasteiger partial charge in [0.15, 0.2) is 0 Å². The number of rotatable bonds is 0. The lowest BCUT2D eigenvalue weighted by molar-refractivity contribution is -0.125. The molecule has 3 nitrogen and oxygen atoms in total. The lowest BCUT2D eigenvalue weighted by atomic mass is 9.44. The highest BCUT2D eigenvalue weighted by Crippen LogP contribution is 2.72. The summed E-state index contributed by atoms with van der Waals surface area (Å²) < 4.78 is 0. The summed E-state index contributed by atoms with van der Waals surface area (Å²) >= 11 is 0. The Bertz CT molecular complexity index is 819. The Kier molecular flexibility index (Phi) is 4.02. The van der Waals surface area contributed by atoms with Crippen molar-refractivity contribution in [2.45, 2.75) is 84.2 Å². The Morgan fingerprint density at radius 1 is 1.11 bits per heavy atom. The first-order valence-electron chi connectivity index (χ1n) is 11.3. The minimum Gasteiger partial charge on any atom is -0.393 e. The van der Waals surface area contributed by atoms with E-state index in [1.165, 1.54) is 12.0 Å². The van der Waals surface area contributed by atoms with Crippen LogP contribution >= 0.6 is 0 Å². The monoisotopic (exact) mass is 379 g/mol. The third-order valence-corrected chi connectivity index (χ3v) is 10.1. The number of Topliss-reactive ketones (excluding diaryl/α,β-unsaturated/α-hetero) is 1. The maximum Gasteiger partial charge on any atom is 0.137 e. The molecule has 0 amide bonds. The maximum atomic E-state index is 12.5. The van der Waals surface area contributed by atoms with E-state index < -0.39 is 0 Å². The van der Waals surface area contributed by atoms with Crippen molar-refractivity contribution in [3.63, 3.8) is 0 Å². The van der Waals surface area contributed by atoms with E-state index in [2.05, 4.69) is 26.0 Å². The van der Waals surface area contributed by atoms with Gasteiger partial charge in [-0.25, -0.2) is 0 Å². The molecule has 0 aromatic rings. The van der Waals surface area contributed by atoms with Crippen LogP contribution < -0.4 is 0 Å². The molecular formula is C25H33NO2. The van der Waals surface area contributed by atoms with Crippen LogP contribution in [0.25, 0.3) is 0 Å². The van der Waals surface area contributed by atoms with Gasteiger partial charge in [0.05, 0.1) is 12.2 Å². The van der Waals surface area contributed by atoms with Crippen LogP contribution in [0.4, 0.5) is 0 Å². The van der Waals surface area contributed by atoms with Gasteiger partial charge in [0.1, 0.15) is 5.78 Å². The SMILES string of the molecule is C[C@]12CC[C@H](O)CC1=CC[C@@H]1[C@@H]2CC[C@@]2(C)[C@H]1CC[C@@]21CC(=O)CC=C1C#N. The number of aliphatic hydroxyl groups excluding tert-OH is 1. The van der Waals surface area contributed by atoms with E-state index in [9.17, 15) is 15.2 Å². The normalized spacial score (nSPS) is 50.1. The average molecular weight is 380 g/mol. The van der Waals surface area contributed by atoms with Crippen LogP contribution in [-0.2, 0) is 4.79 Å². The molecule has 0 aromatic heterocycles. The highest BCUT2D eigenvalue weighted by atomic mass is 16.3. The third kappa shape index (κ3) is 2.22. The first-order valence-corrected chi connectivity index (χ1v) is 11.3. The number of nitriles is 1. The topological polar surface area (TPSA) is 61.1 Å². The van der Waals surface area contributed by atoms with Gasteiger partial charge in [-0.15, -0.1) is 0 Å². The first kappa shape index (κ1) is 18.6. The highest BCUT2D eigenvalue weighted by molar-refractivity contribution is 5.83. The van der Waals surface area contributed by atoms with Gasteiger partial charge in [-0.1, -0.05) is 31.6 Å². The van der Waals surface area contributed by atoms with E-state index in [0.717, 1.165) is 50.5 Å². The van der Waals surface area contributed by atoms with Gasteiger partial charge in [0, 0.05) is 23.8 Å². The van der Waals surface area contributed by atoms with Crippen LogP contribution in [0.2, 0.25) is 0 Å². The van der Waals surface area contributed by atoms with Crippen LogP contribution in [-0.4, -0.2) is 17.0 Å². The lowest BCUT2D eigenvalue weighted by Crippen LogP contribution is -2.53. The standard InChI is InChI=1S/C25H33NO2/c1-23-10-7-18(27)13-16(23)4-6-20-21(23)8-11-24(2)22(20)9-12-25(24)14-19(28)5-3-17(25)15-26/h3-4,18,20-22,27H,5-14H2,1-2H3/t18-,20+,21-,22-,23-,24-,25-/m0/s1. The van der Waals surface area contributed by atoms with E-state index in [1.807, 2.05) is 6.08 Å². The van der Waals surface area contributed by atoms with E-state index in [1.54, 1.807) is 0 Å². The summed E-state index contributed by atoms with van der Waals surface area (Å²) in [6, 6.07) is 2.51. The molecule has 0 heterocycles. The van der Waals surface area contributed by atoms with Crippen LogP contribution in [0.15, 0.2) is 23.3 Å². The molecule has 7 atom stereocenters. The largest absolute Gasteiger partial charge is 0.393 e. The van der Waals surface area contributed by atoms with Crippen molar-refractivity contribution in [1.29, 1.82) is 5.26 Å². The fourth-order valence-corrected chi connectivity index (χ4v) is 8.58. The zero-order valence-electron chi connectivity index (χ0n) is 17.3. The molecule has 0 bridgehead atoms. The summed E-state index contributed by atoms with van der Waals surface area (Å²) in [6.07, 6.45) is 13.8. The Labute approximate surface area is 168 Å². The molecule has 0 aliphatic heterocycles. The number of carbonyl (C=O) groups is 1. The summed E-state index contributed by atoms with van der Waals surface area (Å²) in [6.45, 7) is 4.87. The Morgan fingerprint density at radius 2 is 1.89 bits per heavy atom. The fraction of sp³-hybridized carbons (Fsp3) is 0.760. The summed E-state index contributed by atoms with van der Waals surface area (Å²) in [5.41, 5.74) is 2.53. The van der Waals surface area contributed by atoms with Gasteiger partial charge in [-0.05, 0) is 80.0 Å². The second-order valence-electron chi connectivity index (χ2n) is 10.9. The summed E-state index contributed by atoms with van der Waals surface area (Å²) in [5.74, 6) is 2.29. The van der Waals surface area contributed by atoms with Gasteiger partial charge < -0.3 is 5.11 Å². The van der Waals surface area contributed by atoms with E-state index >= 15 is 0 Å². The molecule has 1 N–H and O–H groups in total. The summed E-state index contributed by atoms with van der Waals surface area (Å²) in [7, 11) is 0. The number of ketones is 1. The molecule has 1 spiro atoms. The van der Waals surface area contributed by atoms with Crippen molar-refractivity contribution in [2.75, 3.05) is 0 Å². The molecule has 0 aromatic carbocycles. The van der Waals surface area contributed by atoms with Gasteiger partial charge in [0.2, 0.25) is 0 Å². The fourth-order valence-electron chi connectivity index (χ4n) is 8.58. The van der Waals surface area contributed by atoms with Crippen molar-refractivity contribution in [1.82, 2.24) is 0 Å². The molecule has 5 aliphatic rings. The summed E-state index contributed by atoms with van der Waals surface area (Å²) in [5, 5.41) is 20.1. The van der Waals surface area contributed by atoms with Crippen LogP contribution in [0.5, 0.6) is 0 Å². The Balaban J connectivity index is 1.53. The number of fused-ring (bicyclic) bond motifs is 6. The first-order chi connectivity index (χ1) is 13.3. The number of hydrogen-bond donors (Lipinski definition) is 1. The molecule has 150 valence electrons. The van der Waals surface area contributed by atoms with Gasteiger partial charge >= 0.3 is 0 Å². The van der Waals surface area contributed by atoms with Gasteiger partial charge in [-0.3, -0.25) is 4.79 Å². The smallest absolute Gasteiger partial charge is 0.137 e. The third-order valence-electron chi connectivity index (χ3n) is 10.1. The van der Waals surface area contributed by atoms with Crippen LogP contribution in [0.1, 0.15) is 78.1 Å². The van der Waals surface area contributed by atoms with E-state index in [-0.39, 0.29) is 22.3 Å². The number of allylic oxidation sites excluding steroid dienone is 3. The number of carbonyl (C=O) groups excluding carboxylic acids is 1. The highest BCUT2D eigenvalue weighted by Gasteiger charge is 2.65. The molecule has 0 radical (unpaired) electrons. The number of aliphatic hydroxyl groups is 1. The number of nitrogens with zero attached hydrogens (tertiary/aromatic N) is 1. The molecule has 3 fully saturated rings. The lowest BCUT2D eigenvalue weighted by Gasteiger charge is -2.60. The van der Waals surface area contributed by atoms with E-state index in [4.69, 9.17) is 0 Å². The minimum absolute atomic E-state index is 0.0711. The molecule has 5 rings (SSSR count). The van der Waals surface area contributed by atoms with Crippen molar-refractivity contribution in [3.05, 3.63) is 23.3 Å². The van der Waals surface area contributed by atoms with Gasteiger partial charge in [-0.2, -0.15) is 5.26 Å². The molecule has 28 heavy (non-hydrogen) atoms. The van der Waals surface area contributed by atoms with Crippen LogP contribution in [0.3, 0.4) is 0 Å². The molecule has 0 saturated heterocycles. The van der Waals surface area contributed by atoms with Crippen molar-refractivity contribution >= 4 is 5.78 Å². The Hall–Kier alpha value is -1.40. The minimum atomic E-state index is -0.208. The van der Waals surface area contributed by atoms with Gasteiger partial charge in [0.25, 0.3) is 0 Å². The molecule has 3 heteroatoms.